The van der Waals surface area contributed by atoms with Gasteiger partial charge in [0.1, 0.15) is 6.10 Å². The average Bonchev–Trinajstić information content (AvgIpc) is 3.06. The number of hydrogen-bond donors (Lipinski definition) is 1. The number of carbonyl (C=O) groups is 1. The summed E-state index contributed by atoms with van der Waals surface area (Å²) in [6.45, 7) is 5.40. The largest absolute Gasteiger partial charge is 0.493 e. The van der Waals surface area contributed by atoms with Gasteiger partial charge < -0.3 is 19.5 Å². The Morgan fingerprint density at radius 3 is 2.64 bits per heavy atom. The normalized spacial score (nSPS) is 18.1. The van der Waals surface area contributed by atoms with Crippen molar-refractivity contribution in [2.24, 2.45) is 0 Å². The Hall–Kier alpha value is -1.75. The van der Waals surface area contributed by atoms with E-state index >= 15 is 0 Å². The molecule has 1 atom stereocenters. The molecule has 0 bridgehead atoms. The van der Waals surface area contributed by atoms with Crippen LogP contribution in [0, 0.1) is 0 Å². The van der Waals surface area contributed by atoms with Gasteiger partial charge in [0.05, 0.1) is 14.2 Å². The van der Waals surface area contributed by atoms with Gasteiger partial charge in [0.2, 0.25) is 5.91 Å². The van der Waals surface area contributed by atoms with Gasteiger partial charge in [0.15, 0.2) is 11.5 Å². The molecular formula is C17H25NO4. The van der Waals surface area contributed by atoms with Gasteiger partial charge >= 0.3 is 0 Å². The SMILES string of the molecule is COc1ccc(C(C)(C)CNC(=O)C2CCCO2)cc1OC. The van der Waals surface area contributed by atoms with Crippen molar-refractivity contribution in [1.82, 2.24) is 5.32 Å². The van der Waals surface area contributed by atoms with Gasteiger partial charge in [0.25, 0.3) is 0 Å². The summed E-state index contributed by atoms with van der Waals surface area (Å²) in [5, 5.41) is 2.99. The molecule has 5 heteroatoms. The predicted molar refractivity (Wildman–Crippen MR) is 84.6 cm³/mol. The van der Waals surface area contributed by atoms with Crippen LogP contribution in [0.5, 0.6) is 11.5 Å². The number of hydrogen-bond acceptors (Lipinski definition) is 4. The summed E-state index contributed by atoms with van der Waals surface area (Å²) in [4.78, 5) is 12.1. The van der Waals surface area contributed by atoms with Gasteiger partial charge in [-0.2, -0.15) is 0 Å². The van der Waals surface area contributed by atoms with Crippen LogP contribution < -0.4 is 14.8 Å². The number of methoxy groups -OCH3 is 2. The summed E-state index contributed by atoms with van der Waals surface area (Å²) in [7, 11) is 3.23. The van der Waals surface area contributed by atoms with Crippen LogP contribution >= 0.6 is 0 Å². The topological polar surface area (TPSA) is 56.8 Å². The van der Waals surface area contributed by atoms with Crippen molar-refractivity contribution in [1.29, 1.82) is 0 Å². The maximum absolute atomic E-state index is 12.1. The van der Waals surface area contributed by atoms with E-state index in [2.05, 4.69) is 19.2 Å². The average molecular weight is 307 g/mol. The lowest BCUT2D eigenvalue weighted by Gasteiger charge is -2.27. The maximum atomic E-state index is 12.1. The first-order valence-corrected chi connectivity index (χ1v) is 7.60. The van der Waals surface area contributed by atoms with E-state index < -0.39 is 0 Å². The zero-order valence-electron chi connectivity index (χ0n) is 13.8. The number of carbonyl (C=O) groups excluding carboxylic acids is 1. The molecule has 1 unspecified atom stereocenters. The smallest absolute Gasteiger partial charge is 0.249 e. The Morgan fingerprint density at radius 1 is 1.32 bits per heavy atom. The fourth-order valence-electron chi connectivity index (χ4n) is 2.57. The maximum Gasteiger partial charge on any atom is 0.249 e. The van der Waals surface area contributed by atoms with Crippen molar-refractivity contribution >= 4 is 5.91 Å². The third-order valence-electron chi connectivity index (χ3n) is 4.09. The van der Waals surface area contributed by atoms with E-state index in [4.69, 9.17) is 14.2 Å². The molecule has 1 aliphatic rings. The second-order valence-corrected chi connectivity index (χ2v) is 6.17. The Labute approximate surface area is 131 Å². The summed E-state index contributed by atoms with van der Waals surface area (Å²) in [5.74, 6) is 1.37. The number of benzene rings is 1. The van der Waals surface area contributed by atoms with Crippen LogP contribution in [0.25, 0.3) is 0 Å². The lowest BCUT2D eigenvalue weighted by atomic mass is 9.84. The summed E-state index contributed by atoms with van der Waals surface area (Å²) in [5.41, 5.74) is 0.867. The fraction of sp³-hybridized carbons (Fsp3) is 0.588. The summed E-state index contributed by atoms with van der Waals surface area (Å²) in [6.07, 6.45) is 1.47. The second kappa shape index (κ2) is 7.01. The van der Waals surface area contributed by atoms with Gasteiger partial charge in [-0.05, 0) is 30.5 Å². The lowest BCUT2D eigenvalue weighted by Crippen LogP contribution is -2.41. The van der Waals surface area contributed by atoms with Crippen LogP contribution in [-0.2, 0) is 14.9 Å². The van der Waals surface area contributed by atoms with Crippen molar-refractivity contribution in [2.75, 3.05) is 27.4 Å². The Balaban J connectivity index is 2.04. The predicted octanol–water partition coefficient (Wildman–Crippen LogP) is 2.28. The minimum absolute atomic E-state index is 0.0222. The summed E-state index contributed by atoms with van der Waals surface area (Å²) in [6, 6.07) is 5.84. The van der Waals surface area contributed by atoms with E-state index in [0.29, 0.717) is 24.7 Å². The van der Waals surface area contributed by atoms with E-state index in [1.54, 1.807) is 14.2 Å². The van der Waals surface area contributed by atoms with Gasteiger partial charge in [0, 0.05) is 18.6 Å². The molecule has 0 aromatic heterocycles. The fourth-order valence-corrected chi connectivity index (χ4v) is 2.57. The molecule has 1 amide bonds. The number of rotatable bonds is 6. The first-order valence-electron chi connectivity index (χ1n) is 7.60. The molecular weight excluding hydrogens is 282 g/mol. The molecule has 0 spiro atoms. The van der Waals surface area contributed by atoms with Crippen LogP contribution in [0.2, 0.25) is 0 Å². The highest BCUT2D eigenvalue weighted by Crippen LogP contribution is 2.32. The molecule has 5 nitrogen and oxygen atoms in total. The van der Waals surface area contributed by atoms with Gasteiger partial charge in [-0.1, -0.05) is 19.9 Å². The minimum Gasteiger partial charge on any atom is -0.493 e. The molecule has 1 aromatic carbocycles. The third-order valence-corrected chi connectivity index (χ3v) is 4.09. The molecule has 22 heavy (non-hydrogen) atoms. The van der Waals surface area contributed by atoms with Gasteiger partial charge in [-0.3, -0.25) is 4.79 Å². The molecule has 0 saturated carbocycles. The van der Waals surface area contributed by atoms with Gasteiger partial charge in [-0.15, -0.1) is 0 Å². The van der Waals surface area contributed by atoms with Crippen LogP contribution in [0.4, 0.5) is 0 Å². The number of amides is 1. The number of ether oxygens (including phenoxy) is 3. The van der Waals surface area contributed by atoms with Crippen molar-refractivity contribution in [2.45, 2.75) is 38.2 Å². The molecule has 122 valence electrons. The van der Waals surface area contributed by atoms with Crippen molar-refractivity contribution in [3.63, 3.8) is 0 Å². The molecule has 1 N–H and O–H groups in total. The molecule has 0 aliphatic carbocycles. The molecule has 1 aromatic rings. The highest BCUT2D eigenvalue weighted by Gasteiger charge is 2.27. The highest BCUT2D eigenvalue weighted by molar-refractivity contribution is 5.81. The van der Waals surface area contributed by atoms with Crippen molar-refractivity contribution in [3.8, 4) is 11.5 Å². The quantitative estimate of drug-likeness (QED) is 0.876. The zero-order chi connectivity index (χ0) is 16.2. The minimum atomic E-state index is -0.291. The van der Waals surface area contributed by atoms with Crippen LogP contribution in [0.1, 0.15) is 32.3 Å². The third kappa shape index (κ3) is 3.71. The second-order valence-electron chi connectivity index (χ2n) is 6.17. The lowest BCUT2D eigenvalue weighted by molar-refractivity contribution is -0.130. The van der Waals surface area contributed by atoms with Crippen LogP contribution in [-0.4, -0.2) is 39.4 Å². The zero-order valence-corrected chi connectivity index (χ0v) is 13.8. The molecule has 1 saturated heterocycles. The molecule has 1 aliphatic heterocycles. The van der Waals surface area contributed by atoms with E-state index in [1.807, 2.05) is 18.2 Å². The Bertz CT molecular complexity index is 521. The molecule has 2 rings (SSSR count). The monoisotopic (exact) mass is 307 g/mol. The van der Waals surface area contributed by atoms with E-state index in [9.17, 15) is 4.79 Å². The standard InChI is InChI=1S/C17H25NO4/c1-17(2,11-18-16(19)14-6-5-9-22-14)12-7-8-13(20-3)15(10-12)21-4/h7-8,10,14H,5-6,9,11H2,1-4H3,(H,18,19). The first kappa shape index (κ1) is 16.6. The summed E-state index contributed by atoms with van der Waals surface area (Å²) >= 11 is 0. The highest BCUT2D eigenvalue weighted by atomic mass is 16.5. The number of nitrogens with one attached hydrogen (secondary N) is 1. The Morgan fingerprint density at radius 2 is 2.05 bits per heavy atom. The molecule has 0 radical (unpaired) electrons. The van der Waals surface area contributed by atoms with Crippen LogP contribution in [0.15, 0.2) is 18.2 Å². The van der Waals surface area contributed by atoms with Crippen molar-refractivity contribution in [3.05, 3.63) is 23.8 Å². The molecule has 1 fully saturated rings. The van der Waals surface area contributed by atoms with E-state index in [1.165, 1.54) is 0 Å². The Kier molecular flexibility index (Phi) is 5.29. The van der Waals surface area contributed by atoms with Crippen LogP contribution in [0.3, 0.4) is 0 Å². The van der Waals surface area contributed by atoms with E-state index in [-0.39, 0.29) is 17.4 Å². The summed E-state index contributed by atoms with van der Waals surface area (Å²) < 4.78 is 16.0. The van der Waals surface area contributed by atoms with Crippen molar-refractivity contribution < 1.29 is 19.0 Å². The van der Waals surface area contributed by atoms with Gasteiger partial charge in [-0.25, -0.2) is 0 Å². The first-order chi connectivity index (χ1) is 10.5. The molecule has 1 heterocycles. The van der Waals surface area contributed by atoms with E-state index in [0.717, 1.165) is 18.4 Å².